The van der Waals surface area contributed by atoms with Gasteiger partial charge in [0.25, 0.3) is 11.6 Å². The van der Waals surface area contributed by atoms with Gasteiger partial charge in [-0.2, -0.15) is 0 Å². The second-order valence-corrected chi connectivity index (χ2v) is 3.62. The van der Waals surface area contributed by atoms with E-state index < -0.39 is 10.8 Å². The number of nitro benzene ring substituents is 1. The van der Waals surface area contributed by atoms with E-state index >= 15 is 0 Å². The quantitative estimate of drug-likeness (QED) is 0.514. The van der Waals surface area contributed by atoms with E-state index in [1.807, 2.05) is 0 Å². The average molecular weight is 263 g/mol. The van der Waals surface area contributed by atoms with Gasteiger partial charge in [0.15, 0.2) is 0 Å². The Morgan fingerprint density at radius 3 is 2.75 bits per heavy atom. The highest BCUT2D eigenvalue weighted by atomic mass is 35.5. The highest BCUT2D eigenvalue weighted by Crippen LogP contribution is 2.25. The topological polar surface area (TPSA) is 72.2 Å². The van der Waals surface area contributed by atoms with Gasteiger partial charge < -0.3 is 5.32 Å². The number of rotatable bonds is 4. The van der Waals surface area contributed by atoms with Crippen molar-refractivity contribution in [3.8, 4) is 0 Å². The monoisotopic (exact) mass is 262 g/mol. The largest absolute Gasteiger partial charge is 0.351 e. The number of hydrogen-bond acceptors (Lipinski definition) is 3. The summed E-state index contributed by atoms with van der Waals surface area (Å²) in [6, 6.07) is 4.06. The summed E-state index contributed by atoms with van der Waals surface area (Å²) in [5.41, 5.74) is -0.459. The third-order valence-electron chi connectivity index (χ3n) is 1.80. The van der Waals surface area contributed by atoms with Crippen LogP contribution in [0.3, 0.4) is 0 Å². The molecule has 0 saturated carbocycles. The lowest BCUT2D eigenvalue weighted by molar-refractivity contribution is -0.385. The number of benzene rings is 1. The van der Waals surface area contributed by atoms with Gasteiger partial charge in [-0.05, 0) is 6.07 Å². The first-order valence-electron chi connectivity index (χ1n) is 4.35. The van der Waals surface area contributed by atoms with Gasteiger partial charge in [-0.15, -0.1) is 11.6 Å². The number of nitrogens with one attached hydrogen (secondary N) is 1. The summed E-state index contributed by atoms with van der Waals surface area (Å²) >= 11 is 11.1. The molecule has 0 aliphatic carbocycles. The lowest BCUT2D eigenvalue weighted by Crippen LogP contribution is -2.26. The van der Waals surface area contributed by atoms with Crippen LogP contribution in [0.25, 0.3) is 0 Å². The van der Waals surface area contributed by atoms with Gasteiger partial charge in [0.05, 0.1) is 9.95 Å². The third-order valence-corrected chi connectivity index (χ3v) is 2.30. The van der Waals surface area contributed by atoms with Crippen molar-refractivity contribution >= 4 is 34.8 Å². The van der Waals surface area contributed by atoms with Crippen LogP contribution in [0.1, 0.15) is 10.4 Å². The molecule has 0 aromatic heterocycles. The molecule has 1 aromatic rings. The number of carbonyl (C=O) groups excluding carboxylic acids is 1. The summed E-state index contributed by atoms with van der Waals surface area (Å²) in [5.74, 6) is -0.373. The van der Waals surface area contributed by atoms with E-state index in [4.69, 9.17) is 23.2 Å². The fourth-order valence-corrected chi connectivity index (χ4v) is 1.49. The van der Waals surface area contributed by atoms with Crippen molar-refractivity contribution < 1.29 is 9.72 Å². The summed E-state index contributed by atoms with van der Waals surface area (Å²) in [7, 11) is 0. The first kappa shape index (κ1) is 12.7. The van der Waals surface area contributed by atoms with E-state index in [-0.39, 0.29) is 28.7 Å². The summed E-state index contributed by atoms with van der Waals surface area (Å²) in [6.45, 7) is 0.225. The molecule has 0 radical (unpaired) electrons. The van der Waals surface area contributed by atoms with Crippen molar-refractivity contribution in [2.45, 2.75) is 0 Å². The number of nitrogens with zero attached hydrogens (tertiary/aromatic N) is 1. The van der Waals surface area contributed by atoms with E-state index in [1.165, 1.54) is 18.2 Å². The zero-order valence-corrected chi connectivity index (χ0v) is 9.59. The maximum absolute atomic E-state index is 11.6. The van der Waals surface area contributed by atoms with Crippen LogP contribution < -0.4 is 5.32 Å². The Hall–Kier alpha value is -1.33. The molecule has 0 spiro atoms. The highest BCUT2D eigenvalue weighted by Gasteiger charge is 2.22. The number of hydrogen-bond donors (Lipinski definition) is 1. The van der Waals surface area contributed by atoms with Crippen molar-refractivity contribution in [2.75, 3.05) is 12.4 Å². The lowest BCUT2D eigenvalue weighted by atomic mass is 10.1. The van der Waals surface area contributed by atoms with Gasteiger partial charge >= 0.3 is 0 Å². The summed E-state index contributed by atoms with van der Waals surface area (Å²) in [4.78, 5) is 21.6. The van der Waals surface area contributed by atoms with E-state index in [9.17, 15) is 14.9 Å². The second-order valence-electron chi connectivity index (χ2n) is 2.84. The van der Waals surface area contributed by atoms with Crippen LogP contribution in [-0.4, -0.2) is 23.3 Å². The number of halogens is 2. The summed E-state index contributed by atoms with van der Waals surface area (Å²) < 4.78 is 0. The number of carbonyl (C=O) groups is 1. The minimum absolute atomic E-state index is 0.0428. The molecule has 16 heavy (non-hydrogen) atoms. The predicted molar refractivity (Wildman–Crippen MR) is 61.2 cm³/mol. The Balaban J connectivity index is 3.10. The summed E-state index contributed by atoms with van der Waals surface area (Å²) in [6.07, 6.45) is 0. The first-order chi connectivity index (χ1) is 7.57. The van der Waals surface area contributed by atoms with Crippen molar-refractivity contribution in [3.05, 3.63) is 38.9 Å². The number of alkyl halides is 1. The molecule has 1 rings (SSSR count). The standard InChI is InChI=1S/C9H8Cl2N2O3/c10-4-5-12-9(14)8-6(11)2-1-3-7(8)13(15)16/h1-3H,4-5H2,(H,12,14). The van der Waals surface area contributed by atoms with Crippen LogP contribution >= 0.6 is 23.2 Å². The van der Waals surface area contributed by atoms with E-state index in [2.05, 4.69) is 5.32 Å². The first-order valence-corrected chi connectivity index (χ1v) is 5.26. The molecular weight excluding hydrogens is 255 g/mol. The minimum atomic E-state index is -0.651. The fraction of sp³-hybridized carbons (Fsp3) is 0.222. The molecule has 0 atom stereocenters. The maximum Gasteiger partial charge on any atom is 0.283 e. The van der Waals surface area contributed by atoms with Gasteiger partial charge in [0, 0.05) is 18.5 Å². The zero-order valence-electron chi connectivity index (χ0n) is 8.07. The molecule has 1 N–H and O–H groups in total. The Bertz CT molecular complexity index is 423. The predicted octanol–water partition coefficient (Wildman–Crippen LogP) is 2.22. The average Bonchev–Trinajstić information content (AvgIpc) is 2.25. The molecule has 1 amide bonds. The molecule has 0 unspecified atom stereocenters. The Morgan fingerprint density at radius 2 is 2.19 bits per heavy atom. The Morgan fingerprint density at radius 1 is 1.50 bits per heavy atom. The fourth-order valence-electron chi connectivity index (χ4n) is 1.14. The summed E-state index contributed by atoms with van der Waals surface area (Å²) in [5, 5.41) is 13.2. The van der Waals surface area contributed by atoms with Crippen LogP contribution in [0.4, 0.5) is 5.69 Å². The lowest BCUT2D eigenvalue weighted by Gasteiger charge is -2.05. The normalized spacial score (nSPS) is 9.88. The molecule has 0 bridgehead atoms. The third kappa shape index (κ3) is 2.84. The SMILES string of the molecule is O=C(NCCCl)c1c(Cl)cccc1[N+](=O)[O-]. The Labute approximate surface area is 101 Å². The molecule has 1 aromatic carbocycles. The van der Waals surface area contributed by atoms with E-state index in [1.54, 1.807) is 0 Å². The number of amides is 1. The van der Waals surface area contributed by atoms with E-state index in [0.29, 0.717) is 0 Å². The van der Waals surface area contributed by atoms with Gasteiger partial charge in [0.1, 0.15) is 5.56 Å². The van der Waals surface area contributed by atoms with Crippen molar-refractivity contribution in [1.29, 1.82) is 0 Å². The highest BCUT2D eigenvalue weighted by molar-refractivity contribution is 6.34. The van der Waals surface area contributed by atoms with Crippen LogP contribution in [0, 0.1) is 10.1 Å². The molecule has 0 aliphatic heterocycles. The molecule has 0 fully saturated rings. The molecule has 7 heteroatoms. The van der Waals surface area contributed by atoms with Crippen molar-refractivity contribution in [1.82, 2.24) is 5.32 Å². The zero-order chi connectivity index (χ0) is 12.1. The molecule has 0 heterocycles. The van der Waals surface area contributed by atoms with Crippen LogP contribution in [0.15, 0.2) is 18.2 Å². The van der Waals surface area contributed by atoms with Gasteiger partial charge in [-0.1, -0.05) is 17.7 Å². The molecular formula is C9H8Cl2N2O3. The van der Waals surface area contributed by atoms with Crippen molar-refractivity contribution in [2.24, 2.45) is 0 Å². The van der Waals surface area contributed by atoms with Gasteiger partial charge in [0.2, 0.25) is 0 Å². The molecule has 0 aliphatic rings. The Kier molecular flexibility index (Phi) is 4.52. The van der Waals surface area contributed by atoms with Gasteiger partial charge in [-0.3, -0.25) is 14.9 Å². The molecule has 0 saturated heterocycles. The van der Waals surface area contributed by atoms with Crippen LogP contribution in [0.2, 0.25) is 5.02 Å². The second kappa shape index (κ2) is 5.67. The van der Waals surface area contributed by atoms with E-state index in [0.717, 1.165) is 0 Å². The number of nitro groups is 1. The maximum atomic E-state index is 11.6. The van der Waals surface area contributed by atoms with Crippen LogP contribution in [-0.2, 0) is 0 Å². The smallest absolute Gasteiger partial charge is 0.283 e. The van der Waals surface area contributed by atoms with Crippen molar-refractivity contribution in [3.63, 3.8) is 0 Å². The molecule has 5 nitrogen and oxygen atoms in total. The minimum Gasteiger partial charge on any atom is -0.351 e. The molecule has 86 valence electrons. The van der Waals surface area contributed by atoms with Crippen LogP contribution in [0.5, 0.6) is 0 Å². The van der Waals surface area contributed by atoms with Gasteiger partial charge in [-0.25, -0.2) is 0 Å².